The summed E-state index contributed by atoms with van der Waals surface area (Å²) in [5.41, 5.74) is 4.46. The molecule has 1 aliphatic carbocycles. The van der Waals surface area contributed by atoms with Crippen LogP contribution in [0.15, 0.2) is 65.2 Å². The summed E-state index contributed by atoms with van der Waals surface area (Å²) < 4.78 is 18.6. The molecule has 0 fully saturated rings. The second kappa shape index (κ2) is 6.06. The van der Waals surface area contributed by atoms with Crippen LogP contribution in [-0.2, 0) is 6.42 Å². The number of hydrogen-bond donors (Lipinski definition) is 1. The van der Waals surface area contributed by atoms with Crippen molar-refractivity contribution < 1.29 is 13.7 Å². The first-order valence-corrected chi connectivity index (χ1v) is 8.77. The summed E-state index contributed by atoms with van der Waals surface area (Å²) in [5, 5.41) is 8.21. The molecule has 1 aromatic heterocycles. The molecule has 0 saturated heterocycles. The minimum absolute atomic E-state index is 0.0313. The highest BCUT2D eigenvalue weighted by molar-refractivity contribution is 6.27. The molecule has 27 heavy (non-hydrogen) atoms. The van der Waals surface area contributed by atoms with E-state index in [0.29, 0.717) is 28.9 Å². The highest BCUT2D eigenvalue weighted by Crippen LogP contribution is 2.42. The fourth-order valence-corrected chi connectivity index (χ4v) is 3.61. The van der Waals surface area contributed by atoms with Crippen LogP contribution in [0.25, 0.3) is 22.2 Å². The lowest BCUT2D eigenvalue weighted by Gasteiger charge is -2.17. The lowest BCUT2D eigenvalue weighted by Crippen LogP contribution is -2.14. The molecule has 0 bridgehead atoms. The molecule has 0 aliphatic heterocycles. The van der Waals surface area contributed by atoms with Crippen molar-refractivity contribution in [1.29, 1.82) is 0 Å². The van der Waals surface area contributed by atoms with Crippen LogP contribution in [0.1, 0.15) is 21.5 Å². The fourth-order valence-electron chi connectivity index (χ4n) is 3.61. The molecule has 0 radical (unpaired) electrons. The van der Waals surface area contributed by atoms with Gasteiger partial charge in [0.25, 0.3) is 0 Å². The van der Waals surface area contributed by atoms with Crippen molar-refractivity contribution in [2.24, 2.45) is 0 Å². The molecule has 0 saturated carbocycles. The van der Waals surface area contributed by atoms with Crippen LogP contribution in [0.3, 0.4) is 0 Å². The van der Waals surface area contributed by atoms with E-state index in [9.17, 15) is 9.18 Å². The maximum Gasteiger partial charge on any atom is 0.196 e. The van der Waals surface area contributed by atoms with E-state index in [1.807, 2.05) is 36.4 Å². The van der Waals surface area contributed by atoms with Crippen molar-refractivity contribution in [3.8, 4) is 11.3 Å². The zero-order chi connectivity index (χ0) is 18.4. The standard InChI is InChI=1S/C22H15FN2O2/c23-14-7-5-13(6-8-14)11-12-24-17-9-10-18-20-19(17)21(26)15-3-1-2-4-16(15)22(20)27-25-18/h1-10,24H,11-12H2. The van der Waals surface area contributed by atoms with Crippen molar-refractivity contribution in [2.45, 2.75) is 6.42 Å². The number of nitrogens with one attached hydrogen (secondary N) is 1. The predicted molar refractivity (Wildman–Crippen MR) is 101 cm³/mol. The van der Waals surface area contributed by atoms with Crippen molar-refractivity contribution >= 4 is 22.4 Å². The molecule has 5 heteroatoms. The number of rotatable bonds is 4. The van der Waals surface area contributed by atoms with Gasteiger partial charge in [-0.25, -0.2) is 4.39 Å². The van der Waals surface area contributed by atoms with Gasteiger partial charge in [0.1, 0.15) is 11.3 Å². The number of hydrogen-bond acceptors (Lipinski definition) is 4. The van der Waals surface area contributed by atoms with Gasteiger partial charge in [-0.3, -0.25) is 4.79 Å². The van der Waals surface area contributed by atoms with Crippen LogP contribution in [0.5, 0.6) is 0 Å². The first kappa shape index (κ1) is 15.8. The maximum atomic E-state index is 13.1. The molecule has 4 nitrogen and oxygen atoms in total. The van der Waals surface area contributed by atoms with Crippen LogP contribution in [0.4, 0.5) is 10.1 Å². The Labute approximate surface area is 154 Å². The van der Waals surface area contributed by atoms with Gasteiger partial charge in [0.05, 0.1) is 10.9 Å². The van der Waals surface area contributed by atoms with E-state index in [0.717, 1.165) is 28.6 Å². The predicted octanol–water partition coefficient (Wildman–Crippen LogP) is 4.83. The first-order valence-electron chi connectivity index (χ1n) is 8.77. The monoisotopic (exact) mass is 358 g/mol. The number of halogens is 1. The van der Waals surface area contributed by atoms with Gasteiger partial charge in [0.2, 0.25) is 0 Å². The van der Waals surface area contributed by atoms with Gasteiger partial charge in [0, 0.05) is 23.4 Å². The Bertz CT molecular complexity index is 1180. The number of carbonyl (C=O) groups is 1. The smallest absolute Gasteiger partial charge is 0.196 e. The van der Waals surface area contributed by atoms with Gasteiger partial charge in [-0.1, -0.05) is 41.6 Å². The third-order valence-corrected chi connectivity index (χ3v) is 4.93. The molecule has 5 rings (SSSR count). The fraction of sp³-hybridized carbons (Fsp3) is 0.0909. The van der Waals surface area contributed by atoms with Gasteiger partial charge >= 0.3 is 0 Å². The number of aromatic nitrogens is 1. The SMILES string of the molecule is O=C1c2ccccc2-c2onc3ccc(NCCc4ccc(F)cc4)c1c23. The van der Waals surface area contributed by atoms with Gasteiger partial charge in [-0.05, 0) is 36.2 Å². The topological polar surface area (TPSA) is 55.1 Å². The number of nitrogens with zero attached hydrogens (tertiary/aromatic N) is 1. The van der Waals surface area contributed by atoms with E-state index in [1.54, 1.807) is 12.1 Å². The molecule has 0 amide bonds. The van der Waals surface area contributed by atoms with Crippen molar-refractivity contribution in [3.05, 3.63) is 83.2 Å². The van der Waals surface area contributed by atoms with Crippen molar-refractivity contribution in [2.75, 3.05) is 11.9 Å². The molecule has 0 spiro atoms. The van der Waals surface area contributed by atoms with Crippen LogP contribution >= 0.6 is 0 Å². The van der Waals surface area contributed by atoms with E-state index >= 15 is 0 Å². The van der Waals surface area contributed by atoms with E-state index < -0.39 is 0 Å². The minimum Gasteiger partial charge on any atom is -0.384 e. The van der Waals surface area contributed by atoms with Crippen molar-refractivity contribution in [1.82, 2.24) is 5.16 Å². The zero-order valence-electron chi connectivity index (χ0n) is 14.3. The van der Waals surface area contributed by atoms with Crippen LogP contribution in [0.2, 0.25) is 0 Å². The Hall–Kier alpha value is -3.47. The average molecular weight is 358 g/mol. The Morgan fingerprint density at radius 3 is 2.56 bits per heavy atom. The molecule has 132 valence electrons. The second-order valence-electron chi connectivity index (χ2n) is 6.57. The zero-order valence-corrected chi connectivity index (χ0v) is 14.3. The Morgan fingerprint density at radius 2 is 1.74 bits per heavy atom. The maximum absolute atomic E-state index is 13.1. The van der Waals surface area contributed by atoms with Crippen LogP contribution in [0, 0.1) is 5.82 Å². The van der Waals surface area contributed by atoms with E-state index in [4.69, 9.17) is 4.52 Å². The van der Waals surface area contributed by atoms with Gasteiger partial charge in [-0.15, -0.1) is 0 Å². The second-order valence-corrected chi connectivity index (χ2v) is 6.57. The Kier molecular flexibility index (Phi) is 3.53. The molecule has 1 aliphatic rings. The summed E-state index contributed by atoms with van der Waals surface area (Å²) in [6.45, 7) is 0.625. The molecule has 1 N–H and O–H groups in total. The lowest BCUT2D eigenvalue weighted by atomic mass is 9.87. The van der Waals surface area contributed by atoms with Gasteiger partial charge < -0.3 is 9.84 Å². The van der Waals surface area contributed by atoms with E-state index in [2.05, 4.69) is 10.5 Å². The highest BCUT2D eigenvalue weighted by atomic mass is 19.1. The minimum atomic E-state index is -0.245. The average Bonchev–Trinajstić information content (AvgIpc) is 3.13. The normalized spacial score (nSPS) is 12.3. The largest absolute Gasteiger partial charge is 0.384 e. The lowest BCUT2D eigenvalue weighted by molar-refractivity contribution is 0.104. The van der Waals surface area contributed by atoms with E-state index in [-0.39, 0.29) is 11.6 Å². The summed E-state index contributed by atoms with van der Waals surface area (Å²) in [7, 11) is 0. The van der Waals surface area contributed by atoms with Gasteiger partial charge in [-0.2, -0.15) is 0 Å². The number of anilines is 1. The third-order valence-electron chi connectivity index (χ3n) is 4.93. The molecular formula is C22H15FN2O2. The number of carbonyl (C=O) groups excluding carboxylic acids is 1. The molecule has 1 heterocycles. The summed E-state index contributed by atoms with van der Waals surface area (Å²) in [4.78, 5) is 13.1. The third kappa shape index (κ3) is 2.51. The Morgan fingerprint density at radius 1 is 0.963 bits per heavy atom. The molecule has 0 unspecified atom stereocenters. The summed E-state index contributed by atoms with van der Waals surface area (Å²) in [5.74, 6) is 0.361. The highest BCUT2D eigenvalue weighted by Gasteiger charge is 2.30. The number of fused-ring (bicyclic) bond motifs is 2. The molecular weight excluding hydrogens is 343 g/mol. The summed E-state index contributed by atoms with van der Waals surface area (Å²) >= 11 is 0. The summed E-state index contributed by atoms with van der Waals surface area (Å²) in [6.07, 6.45) is 0.721. The van der Waals surface area contributed by atoms with Crippen LogP contribution < -0.4 is 5.32 Å². The Balaban J connectivity index is 1.51. The molecule has 0 atom stereocenters. The number of ketones is 1. The van der Waals surface area contributed by atoms with Gasteiger partial charge in [0.15, 0.2) is 11.5 Å². The molecule has 3 aromatic carbocycles. The number of benzene rings is 3. The van der Waals surface area contributed by atoms with E-state index in [1.165, 1.54) is 12.1 Å². The quantitative estimate of drug-likeness (QED) is 0.500. The van der Waals surface area contributed by atoms with Crippen molar-refractivity contribution in [3.63, 3.8) is 0 Å². The summed E-state index contributed by atoms with van der Waals surface area (Å²) in [6, 6.07) is 17.6. The van der Waals surface area contributed by atoms with Crippen LogP contribution in [-0.4, -0.2) is 17.5 Å². The first-order chi connectivity index (χ1) is 13.2. The molecule has 4 aromatic rings.